The number of hydrogen-bond acceptors (Lipinski definition) is 5. The van der Waals surface area contributed by atoms with Crippen LogP contribution in [0.25, 0.3) is 0 Å². The average molecular weight is 459 g/mol. The van der Waals surface area contributed by atoms with Crippen molar-refractivity contribution < 1.29 is 23.9 Å². The lowest BCUT2D eigenvalue weighted by Gasteiger charge is -2.19. The van der Waals surface area contributed by atoms with Crippen molar-refractivity contribution in [3.8, 4) is 5.75 Å². The summed E-state index contributed by atoms with van der Waals surface area (Å²) in [5.41, 5.74) is 3.38. The quantitative estimate of drug-likeness (QED) is 0.302. The summed E-state index contributed by atoms with van der Waals surface area (Å²) < 4.78 is 5.53. The molecule has 0 N–H and O–H groups in total. The predicted octanol–water partition coefficient (Wildman–Crippen LogP) is 3.72. The monoisotopic (exact) mass is 458 g/mol. The minimum absolute atomic E-state index is 0.0951. The first-order chi connectivity index (χ1) is 16.3. The fraction of sp³-hybridized carbons (Fsp3) is 0.333. The van der Waals surface area contributed by atoms with Gasteiger partial charge in [0, 0.05) is 18.7 Å². The number of carbonyl (C=O) groups excluding carboxylic acids is 4. The number of rotatable bonds is 4. The van der Waals surface area contributed by atoms with E-state index in [0.717, 1.165) is 16.8 Å². The van der Waals surface area contributed by atoms with E-state index in [1.165, 1.54) is 4.90 Å². The molecule has 2 saturated heterocycles. The van der Waals surface area contributed by atoms with Crippen molar-refractivity contribution in [2.75, 3.05) is 16.3 Å². The Morgan fingerprint density at radius 2 is 1.56 bits per heavy atom. The number of anilines is 2. The molecule has 0 saturated carbocycles. The van der Waals surface area contributed by atoms with Gasteiger partial charge in [-0.1, -0.05) is 29.8 Å². The molecule has 7 heteroatoms. The maximum Gasteiger partial charge on any atom is 0.316 e. The first-order valence-corrected chi connectivity index (χ1v) is 11.6. The molecule has 1 aliphatic carbocycles. The van der Waals surface area contributed by atoms with E-state index >= 15 is 0 Å². The lowest BCUT2D eigenvalue weighted by Crippen LogP contribution is -2.30. The van der Waals surface area contributed by atoms with Gasteiger partial charge in [0.25, 0.3) is 0 Å². The fourth-order valence-corrected chi connectivity index (χ4v) is 5.12. The number of fused-ring (bicyclic) bond motifs is 1. The molecule has 3 aliphatic rings. The zero-order valence-electron chi connectivity index (χ0n) is 19.2. The molecule has 7 nitrogen and oxygen atoms in total. The summed E-state index contributed by atoms with van der Waals surface area (Å²) in [6.07, 6.45) is 5.17. The maximum absolute atomic E-state index is 12.8. The van der Waals surface area contributed by atoms with Crippen LogP contribution in [0.2, 0.25) is 0 Å². The molecule has 2 fully saturated rings. The van der Waals surface area contributed by atoms with Crippen molar-refractivity contribution in [3.05, 3.63) is 65.7 Å². The van der Waals surface area contributed by atoms with E-state index in [-0.39, 0.29) is 42.5 Å². The van der Waals surface area contributed by atoms with E-state index in [9.17, 15) is 19.2 Å². The average Bonchev–Trinajstić information content (AvgIpc) is 3.32. The zero-order valence-corrected chi connectivity index (χ0v) is 19.2. The van der Waals surface area contributed by atoms with Gasteiger partial charge in [-0.3, -0.25) is 24.1 Å². The Bertz CT molecular complexity index is 1190. The summed E-state index contributed by atoms with van der Waals surface area (Å²) in [7, 11) is 0. The summed E-state index contributed by atoms with van der Waals surface area (Å²) in [5, 5.41) is 0. The third-order valence-electron chi connectivity index (χ3n) is 6.92. The van der Waals surface area contributed by atoms with Crippen LogP contribution in [0.1, 0.15) is 30.4 Å². The van der Waals surface area contributed by atoms with Crippen LogP contribution in [0.15, 0.2) is 54.6 Å². The number of carbonyl (C=O) groups is 4. The largest absolute Gasteiger partial charge is 0.426 e. The van der Waals surface area contributed by atoms with E-state index in [1.807, 2.05) is 44.2 Å². The summed E-state index contributed by atoms with van der Waals surface area (Å²) in [6.45, 7) is 4.21. The Kier molecular flexibility index (Phi) is 5.55. The maximum atomic E-state index is 12.8. The minimum atomic E-state index is -0.565. The standard InChI is InChI=1S/C27H26N2O5/c1-16-7-12-23(17(2)13-16)28-15-18(14-24(28)30)27(33)34-20-10-8-19(9-11-20)29-25(31)21-5-3-4-6-22(21)26(29)32/h3-4,7-13,18,21-22H,5-6,14-15H2,1-2H3/t18-,21-,22+/m1/s1. The van der Waals surface area contributed by atoms with Crippen LogP contribution in [-0.2, 0) is 19.2 Å². The van der Waals surface area contributed by atoms with Crippen LogP contribution in [0.3, 0.4) is 0 Å². The van der Waals surface area contributed by atoms with Crippen molar-refractivity contribution in [2.24, 2.45) is 17.8 Å². The summed E-state index contributed by atoms with van der Waals surface area (Å²) in [4.78, 5) is 53.7. The van der Waals surface area contributed by atoms with Crippen LogP contribution >= 0.6 is 0 Å². The molecular formula is C27H26N2O5. The molecule has 0 spiro atoms. The minimum Gasteiger partial charge on any atom is -0.426 e. The van der Waals surface area contributed by atoms with E-state index in [4.69, 9.17) is 4.74 Å². The number of nitrogens with zero attached hydrogens (tertiary/aromatic N) is 2. The summed E-state index contributed by atoms with van der Waals surface area (Å²) >= 11 is 0. The second-order valence-electron chi connectivity index (χ2n) is 9.28. The van der Waals surface area contributed by atoms with Gasteiger partial charge in [-0.05, 0) is 62.6 Å². The smallest absolute Gasteiger partial charge is 0.316 e. The predicted molar refractivity (Wildman–Crippen MR) is 126 cm³/mol. The highest BCUT2D eigenvalue weighted by molar-refractivity contribution is 6.22. The lowest BCUT2D eigenvalue weighted by molar-refractivity contribution is -0.139. The van der Waals surface area contributed by atoms with Crippen molar-refractivity contribution >= 4 is 35.1 Å². The number of esters is 1. The first-order valence-electron chi connectivity index (χ1n) is 11.6. The normalized spacial score (nSPS) is 24.1. The third-order valence-corrected chi connectivity index (χ3v) is 6.92. The number of amides is 3. The second kappa shape index (κ2) is 8.56. The Morgan fingerprint density at radius 1 is 0.912 bits per heavy atom. The highest BCUT2D eigenvalue weighted by Crippen LogP contribution is 2.38. The molecule has 0 radical (unpaired) electrons. The van der Waals surface area contributed by atoms with Gasteiger partial charge in [-0.2, -0.15) is 0 Å². The fourth-order valence-electron chi connectivity index (χ4n) is 5.12. The van der Waals surface area contributed by atoms with Gasteiger partial charge in [-0.15, -0.1) is 0 Å². The molecule has 0 bridgehead atoms. The third kappa shape index (κ3) is 3.81. The topological polar surface area (TPSA) is 84.0 Å². The summed E-state index contributed by atoms with van der Waals surface area (Å²) in [5.74, 6) is -1.79. The number of hydrogen-bond donors (Lipinski definition) is 0. The van der Waals surface area contributed by atoms with Gasteiger partial charge in [0.05, 0.1) is 23.4 Å². The van der Waals surface area contributed by atoms with E-state index < -0.39 is 11.9 Å². The van der Waals surface area contributed by atoms with Crippen molar-refractivity contribution in [2.45, 2.75) is 33.1 Å². The van der Waals surface area contributed by atoms with Gasteiger partial charge >= 0.3 is 5.97 Å². The van der Waals surface area contributed by atoms with Gasteiger partial charge in [0.2, 0.25) is 17.7 Å². The van der Waals surface area contributed by atoms with Gasteiger partial charge in [-0.25, -0.2) is 0 Å². The van der Waals surface area contributed by atoms with Crippen LogP contribution in [0, 0.1) is 31.6 Å². The number of allylic oxidation sites excluding steroid dienone is 2. The molecule has 0 unspecified atom stereocenters. The number of benzene rings is 2. The van der Waals surface area contributed by atoms with Crippen LogP contribution in [0.4, 0.5) is 11.4 Å². The van der Waals surface area contributed by atoms with Crippen molar-refractivity contribution in [3.63, 3.8) is 0 Å². The van der Waals surface area contributed by atoms with Crippen molar-refractivity contribution in [1.29, 1.82) is 0 Å². The molecule has 3 atom stereocenters. The summed E-state index contributed by atoms with van der Waals surface area (Å²) in [6, 6.07) is 12.2. The van der Waals surface area contributed by atoms with E-state index in [2.05, 4.69) is 0 Å². The molecule has 3 amide bonds. The van der Waals surface area contributed by atoms with Gasteiger partial charge < -0.3 is 9.64 Å². The van der Waals surface area contributed by atoms with Crippen molar-refractivity contribution in [1.82, 2.24) is 0 Å². The van der Waals surface area contributed by atoms with Crippen LogP contribution in [-0.4, -0.2) is 30.2 Å². The van der Waals surface area contributed by atoms with Gasteiger partial charge in [0.1, 0.15) is 5.75 Å². The molecule has 34 heavy (non-hydrogen) atoms. The molecule has 174 valence electrons. The molecule has 5 rings (SSSR count). The molecule has 0 aromatic heterocycles. The Hall–Kier alpha value is -3.74. The second-order valence-corrected chi connectivity index (χ2v) is 9.28. The zero-order chi connectivity index (χ0) is 24.0. The lowest BCUT2D eigenvalue weighted by atomic mass is 9.85. The molecule has 2 heterocycles. The molecule has 2 aromatic rings. The highest BCUT2D eigenvalue weighted by atomic mass is 16.5. The Balaban J connectivity index is 1.25. The highest BCUT2D eigenvalue weighted by Gasteiger charge is 2.47. The Morgan fingerprint density at radius 3 is 2.18 bits per heavy atom. The van der Waals surface area contributed by atoms with Crippen LogP contribution in [0.5, 0.6) is 5.75 Å². The number of ether oxygens (including phenoxy) is 1. The molecular weight excluding hydrogens is 432 g/mol. The number of aryl methyl sites for hydroxylation is 2. The number of imide groups is 1. The molecule has 2 aromatic carbocycles. The van der Waals surface area contributed by atoms with Gasteiger partial charge in [0.15, 0.2) is 0 Å². The van der Waals surface area contributed by atoms with E-state index in [0.29, 0.717) is 24.3 Å². The first kappa shape index (κ1) is 22.1. The molecule has 2 aliphatic heterocycles. The van der Waals surface area contributed by atoms with E-state index in [1.54, 1.807) is 29.2 Å². The SMILES string of the molecule is Cc1ccc(N2C[C@H](C(=O)Oc3ccc(N4C(=O)[C@H]5CC=CC[C@H]5C4=O)cc3)CC2=O)c(C)c1. The van der Waals surface area contributed by atoms with Crippen LogP contribution < -0.4 is 14.5 Å². The Labute approximate surface area is 198 Å².